The summed E-state index contributed by atoms with van der Waals surface area (Å²) in [7, 11) is 2.09. The zero-order valence-electron chi connectivity index (χ0n) is 16.0. The van der Waals surface area contributed by atoms with E-state index in [1.165, 1.54) is 19.0 Å². The molecule has 5 N–H and O–H groups in total. The second-order valence-electron chi connectivity index (χ2n) is 7.65. The first-order chi connectivity index (χ1) is 13.6. The van der Waals surface area contributed by atoms with E-state index in [0.29, 0.717) is 40.5 Å². The average molecular weight is 378 g/mol. The van der Waals surface area contributed by atoms with Gasteiger partial charge in [-0.25, -0.2) is 0 Å². The third-order valence-corrected chi connectivity index (χ3v) is 5.95. The first kappa shape index (κ1) is 18.4. The molecule has 3 heterocycles. The van der Waals surface area contributed by atoms with Gasteiger partial charge in [-0.2, -0.15) is 0 Å². The summed E-state index contributed by atoms with van der Waals surface area (Å²) in [5.41, 5.74) is 7.96. The van der Waals surface area contributed by atoms with Crippen LogP contribution in [0.5, 0.6) is 5.75 Å². The SMILES string of the molecule is CN(c1ccc(-c2ccc(/C(C=N)=C/N)cc2O)nn1)C1C[C@H]2CC[C@@H](C1)N2. The molecule has 2 aromatic rings. The zero-order chi connectivity index (χ0) is 19.7. The van der Waals surface area contributed by atoms with Crippen molar-refractivity contribution in [2.45, 2.75) is 43.8 Å². The van der Waals surface area contributed by atoms with E-state index in [9.17, 15) is 5.11 Å². The molecule has 2 saturated heterocycles. The van der Waals surface area contributed by atoms with Gasteiger partial charge in [0.1, 0.15) is 5.75 Å². The van der Waals surface area contributed by atoms with Crippen LogP contribution in [0, 0.1) is 5.41 Å². The lowest BCUT2D eigenvalue weighted by molar-refractivity contribution is 0.353. The Morgan fingerprint density at radius 2 is 1.96 bits per heavy atom. The number of aromatic hydroxyl groups is 1. The van der Waals surface area contributed by atoms with Gasteiger partial charge in [0.25, 0.3) is 0 Å². The van der Waals surface area contributed by atoms with E-state index in [1.54, 1.807) is 12.1 Å². The van der Waals surface area contributed by atoms with Crippen molar-refractivity contribution in [2.75, 3.05) is 11.9 Å². The van der Waals surface area contributed by atoms with Gasteiger partial charge in [0.05, 0.1) is 5.69 Å². The molecule has 1 aromatic carbocycles. The summed E-state index contributed by atoms with van der Waals surface area (Å²) < 4.78 is 0. The van der Waals surface area contributed by atoms with E-state index in [0.717, 1.165) is 24.9 Å². The van der Waals surface area contributed by atoms with Gasteiger partial charge < -0.3 is 26.5 Å². The summed E-state index contributed by atoms with van der Waals surface area (Å²) in [5, 5.41) is 30.2. The summed E-state index contributed by atoms with van der Waals surface area (Å²) in [4.78, 5) is 2.23. The Morgan fingerprint density at radius 3 is 2.54 bits per heavy atom. The van der Waals surface area contributed by atoms with Gasteiger partial charge in [-0.15, -0.1) is 10.2 Å². The van der Waals surface area contributed by atoms with Crippen LogP contribution in [-0.2, 0) is 0 Å². The van der Waals surface area contributed by atoms with Crippen LogP contribution in [0.3, 0.4) is 0 Å². The average Bonchev–Trinajstić information content (AvgIpc) is 3.06. The normalized spacial score (nSPS) is 24.2. The molecule has 0 saturated carbocycles. The van der Waals surface area contributed by atoms with Gasteiger partial charge >= 0.3 is 0 Å². The molecule has 2 bridgehead atoms. The number of anilines is 1. The fourth-order valence-corrected chi connectivity index (χ4v) is 4.34. The molecular formula is C21H26N6O. The largest absolute Gasteiger partial charge is 0.507 e. The molecule has 3 atom stereocenters. The number of hydrogen-bond donors (Lipinski definition) is 4. The third-order valence-electron chi connectivity index (χ3n) is 5.95. The predicted molar refractivity (Wildman–Crippen MR) is 111 cm³/mol. The number of phenols is 1. The maximum atomic E-state index is 10.4. The zero-order valence-corrected chi connectivity index (χ0v) is 16.0. The highest BCUT2D eigenvalue weighted by Gasteiger charge is 2.35. The number of nitrogens with two attached hydrogens (primary N) is 1. The van der Waals surface area contributed by atoms with Gasteiger partial charge in [-0.05, 0) is 55.5 Å². The first-order valence-electron chi connectivity index (χ1n) is 9.67. The molecule has 0 aliphatic carbocycles. The lowest BCUT2D eigenvalue weighted by atomic mass is 9.98. The highest BCUT2D eigenvalue weighted by Crippen LogP contribution is 2.33. The third kappa shape index (κ3) is 3.45. The lowest BCUT2D eigenvalue weighted by Gasteiger charge is -2.36. The lowest BCUT2D eigenvalue weighted by Crippen LogP contribution is -2.47. The Balaban J connectivity index is 1.52. The molecule has 2 aliphatic heterocycles. The topological polar surface area (TPSA) is 111 Å². The summed E-state index contributed by atoms with van der Waals surface area (Å²) in [5.74, 6) is 0.937. The van der Waals surface area contributed by atoms with Gasteiger partial charge in [0, 0.05) is 48.7 Å². The van der Waals surface area contributed by atoms with Crippen LogP contribution in [-0.4, -0.2) is 46.7 Å². The first-order valence-corrected chi connectivity index (χ1v) is 9.67. The predicted octanol–water partition coefficient (Wildman–Crippen LogP) is 2.52. The van der Waals surface area contributed by atoms with Crippen LogP contribution >= 0.6 is 0 Å². The number of fused-ring (bicyclic) bond motifs is 2. The Labute approximate surface area is 164 Å². The number of allylic oxidation sites excluding steroid dienone is 1. The fraction of sp³-hybridized carbons (Fsp3) is 0.381. The van der Waals surface area contributed by atoms with Gasteiger partial charge in [-0.1, -0.05) is 6.07 Å². The molecule has 2 fully saturated rings. The van der Waals surface area contributed by atoms with E-state index in [-0.39, 0.29) is 5.75 Å². The van der Waals surface area contributed by atoms with Gasteiger partial charge in [0.2, 0.25) is 0 Å². The van der Waals surface area contributed by atoms with Crippen LogP contribution in [0.25, 0.3) is 16.8 Å². The molecule has 7 nitrogen and oxygen atoms in total. The minimum Gasteiger partial charge on any atom is -0.507 e. The summed E-state index contributed by atoms with van der Waals surface area (Å²) in [6.07, 6.45) is 7.33. The van der Waals surface area contributed by atoms with Crippen molar-refractivity contribution < 1.29 is 5.11 Å². The number of benzene rings is 1. The van der Waals surface area contributed by atoms with Crippen LogP contribution in [0.2, 0.25) is 0 Å². The minimum atomic E-state index is 0.0871. The molecule has 0 radical (unpaired) electrons. The van der Waals surface area contributed by atoms with Crippen molar-refractivity contribution in [1.82, 2.24) is 15.5 Å². The molecule has 7 heteroatoms. The summed E-state index contributed by atoms with van der Waals surface area (Å²) in [6.45, 7) is 0. The second-order valence-corrected chi connectivity index (χ2v) is 7.65. The van der Waals surface area contributed by atoms with Gasteiger partial charge in [0.15, 0.2) is 5.82 Å². The van der Waals surface area contributed by atoms with Crippen molar-refractivity contribution in [1.29, 1.82) is 5.41 Å². The van der Waals surface area contributed by atoms with E-state index < -0.39 is 0 Å². The number of nitrogens with zero attached hydrogens (tertiary/aromatic N) is 3. The maximum Gasteiger partial charge on any atom is 0.151 e. The van der Waals surface area contributed by atoms with E-state index in [2.05, 4.69) is 27.5 Å². The van der Waals surface area contributed by atoms with E-state index in [4.69, 9.17) is 11.1 Å². The molecule has 0 spiro atoms. The number of nitrogens with one attached hydrogen (secondary N) is 2. The highest BCUT2D eigenvalue weighted by atomic mass is 16.3. The van der Waals surface area contributed by atoms with Crippen LogP contribution in [0.4, 0.5) is 5.82 Å². The molecule has 28 heavy (non-hydrogen) atoms. The van der Waals surface area contributed by atoms with Crippen LogP contribution in [0.1, 0.15) is 31.2 Å². The highest BCUT2D eigenvalue weighted by molar-refractivity contribution is 6.08. The molecule has 2 aliphatic rings. The summed E-state index contributed by atoms with van der Waals surface area (Å²) >= 11 is 0. The number of aromatic nitrogens is 2. The van der Waals surface area contributed by atoms with Crippen LogP contribution < -0.4 is 16.0 Å². The Kier molecular flexibility index (Phi) is 5.00. The molecule has 146 valence electrons. The molecule has 1 unspecified atom stereocenters. The molecule has 1 aromatic heterocycles. The summed E-state index contributed by atoms with van der Waals surface area (Å²) in [6, 6.07) is 10.8. The standard InChI is InChI=1S/C21H26N6O/c1-27(17-9-15-3-4-16(10-17)24-15)21-7-6-19(25-26-21)18-5-2-13(8-20(18)28)14(11-22)12-23/h2,5-8,11-12,15-17,22,24,28H,3-4,9-10,23H2,1H3/b14-12+,22-11?/t15-,16+,17?. The number of phenolic OH excluding ortho intramolecular Hbond substituents is 1. The number of piperidine rings is 1. The fourth-order valence-electron chi connectivity index (χ4n) is 4.34. The monoisotopic (exact) mass is 378 g/mol. The molecule has 0 amide bonds. The smallest absolute Gasteiger partial charge is 0.151 e. The van der Waals surface area contributed by atoms with Crippen molar-refractivity contribution in [2.24, 2.45) is 5.73 Å². The van der Waals surface area contributed by atoms with Crippen molar-refractivity contribution in [3.05, 3.63) is 42.1 Å². The van der Waals surface area contributed by atoms with Crippen molar-refractivity contribution >= 4 is 17.6 Å². The van der Waals surface area contributed by atoms with E-state index in [1.807, 2.05) is 18.2 Å². The Hall–Kier alpha value is -2.93. The number of hydrogen-bond acceptors (Lipinski definition) is 7. The second kappa shape index (κ2) is 7.59. The maximum absolute atomic E-state index is 10.4. The van der Waals surface area contributed by atoms with Gasteiger partial charge in [-0.3, -0.25) is 0 Å². The van der Waals surface area contributed by atoms with E-state index >= 15 is 0 Å². The Morgan fingerprint density at radius 1 is 1.21 bits per heavy atom. The quantitative estimate of drug-likeness (QED) is 0.595. The molecular weight excluding hydrogens is 352 g/mol. The minimum absolute atomic E-state index is 0.0871. The van der Waals surface area contributed by atoms with Crippen molar-refractivity contribution in [3.63, 3.8) is 0 Å². The molecule has 4 rings (SSSR count). The number of rotatable bonds is 5. The van der Waals surface area contributed by atoms with Crippen molar-refractivity contribution in [3.8, 4) is 17.0 Å². The Bertz CT molecular complexity index is 882. The van der Waals surface area contributed by atoms with Crippen LogP contribution in [0.15, 0.2) is 36.5 Å².